The molecule has 0 saturated carbocycles. The van der Waals surface area contributed by atoms with Crippen LogP contribution in [0.2, 0.25) is 0 Å². The lowest BCUT2D eigenvalue weighted by Crippen LogP contribution is -1.92. The zero-order chi connectivity index (χ0) is 5.56. The fourth-order valence-corrected chi connectivity index (χ4v) is 1.84. The molecule has 0 aromatic rings. The van der Waals surface area contributed by atoms with Gasteiger partial charge < -0.3 is 0 Å². The Labute approximate surface area is 50.6 Å². The van der Waals surface area contributed by atoms with E-state index >= 15 is 0 Å². The van der Waals surface area contributed by atoms with Gasteiger partial charge in [0.25, 0.3) is 0 Å². The number of hydrogen-bond donors (Lipinski definition) is 0. The van der Waals surface area contributed by atoms with Crippen LogP contribution in [0.15, 0.2) is 11.1 Å². The molecule has 8 heavy (non-hydrogen) atoms. The molecule has 0 radical (unpaired) electrons. The zero-order valence-corrected chi connectivity index (χ0v) is 5.41. The van der Waals surface area contributed by atoms with Crippen molar-refractivity contribution in [3.63, 3.8) is 0 Å². The molecule has 2 rings (SSSR count). The Kier molecular flexibility index (Phi) is 0.787. The van der Waals surface area contributed by atoms with Crippen molar-refractivity contribution in [1.82, 2.24) is 0 Å². The molecular weight excluding hydrogens is 96.1 g/mol. The fraction of sp³-hybridized carbons (Fsp3) is 0.750. The third-order valence-corrected chi connectivity index (χ3v) is 2.51. The quantitative estimate of drug-likeness (QED) is 0.453. The Bertz CT molecular complexity index is 142. The summed E-state index contributed by atoms with van der Waals surface area (Å²) in [6, 6.07) is 0. The van der Waals surface area contributed by atoms with Crippen LogP contribution in [-0.4, -0.2) is 0 Å². The van der Waals surface area contributed by atoms with Gasteiger partial charge in [0.2, 0.25) is 0 Å². The van der Waals surface area contributed by atoms with Gasteiger partial charge in [-0.25, -0.2) is 0 Å². The second-order valence-electron chi connectivity index (χ2n) is 2.95. The standard InChI is InChI=1S/C8H12/c1-2-6-3-4-7-5-8(6)7/h6H,2-5H2,1H3. The lowest BCUT2D eigenvalue weighted by atomic mass is 10.00. The van der Waals surface area contributed by atoms with Crippen molar-refractivity contribution in [2.24, 2.45) is 5.92 Å². The summed E-state index contributed by atoms with van der Waals surface area (Å²) in [6.07, 6.45) is 5.71. The summed E-state index contributed by atoms with van der Waals surface area (Å²) in [5, 5.41) is 0. The molecular formula is C8H12. The van der Waals surface area contributed by atoms with E-state index in [1.54, 1.807) is 5.57 Å². The molecule has 0 aromatic carbocycles. The third-order valence-electron chi connectivity index (χ3n) is 2.51. The van der Waals surface area contributed by atoms with E-state index in [2.05, 4.69) is 6.92 Å². The highest BCUT2D eigenvalue weighted by Gasteiger charge is 2.33. The highest BCUT2D eigenvalue weighted by Crippen LogP contribution is 2.49. The van der Waals surface area contributed by atoms with Crippen molar-refractivity contribution in [2.45, 2.75) is 32.6 Å². The average molecular weight is 108 g/mol. The normalized spacial score (nSPS) is 33.4. The lowest BCUT2D eigenvalue weighted by Gasteiger charge is -2.05. The molecule has 0 bridgehead atoms. The lowest BCUT2D eigenvalue weighted by molar-refractivity contribution is 0.567. The molecule has 44 valence electrons. The molecule has 0 fully saturated rings. The molecule has 1 atom stereocenters. The van der Waals surface area contributed by atoms with E-state index < -0.39 is 0 Å². The summed E-state index contributed by atoms with van der Waals surface area (Å²) in [7, 11) is 0. The smallest absolute Gasteiger partial charge is 0.01000 e. The molecule has 0 N–H and O–H groups in total. The van der Waals surface area contributed by atoms with E-state index in [1.807, 2.05) is 5.57 Å². The van der Waals surface area contributed by atoms with Gasteiger partial charge in [0, 0.05) is 0 Å². The van der Waals surface area contributed by atoms with Crippen LogP contribution in [0.3, 0.4) is 0 Å². The van der Waals surface area contributed by atoms with Gasteiger partial charge in [-0.2, -0.15) is 0 Å². The van der Waals surface area contributed by atoms with E-state index in [1.165, 1.54) is 25.7 Å². The van der Waals surface area contributed by atoms with Gasteiger partial charge in [-0.3, -0.25) is 0 Å². The van der Waals surface area contributed by atoms with E-state index in [-0.39, 0.29) is 0 Å². The zero-order valence-electron chi connectivity index (χ0n) is 5.41. The predicted octanol–water partition coefficient (Wildman–Crippen LogP) is 2.51. The second kappa shape index (κ2) is 1.37. The van der Waals surface area contributed by atoms with Crippen LogP contribution in [0, 0.1) is 5.92 Å². The maximum atomic E-state index is 2.30. The molecule has 0 saturated heterocycles. The molecule has 0 heterocycles. The maximum Gasteiger partial charge on any atom is -0.01000 e. The molecule has 0 heteroatoms. The van der Waals surface area contributed by atoms with Crippen LogP contribution in [-0.2, 0) is 0 Å². The first-order chi connectivity index (χ1) is 3.92. The topological polar surface area (TPSA) is 0 Å². The van der Waals surface area contributed by atoms with Crippen LogP contribution >= 0.6 is 0 Å². The minimum absolute atomic E-state index is 1.02. The van der Waals surface area contributed by atoms with E-state index in [9.17, 15) is 0 Å². The van der Waals surface area contributed by atoms with E-state index in [4.69, 9.17) is 0 Å². The van der Waals surface area contributed by atoms with Gasteiger partial charge >= 0.3 is 0 Å². The van der Waals surface area contributed by atoms with Crippen molar-refractivity contribution in [3.8, 4) is 0 Å². The predicted molar refractivity (Wildman–Crippen MR) is 34.7 cm³/mol. The van der Waals surface area contributed by atoms with Gasteiger partial charge in [-0.05, 0) is 31.6 Å². The minimum Gasteiger partial charge on any atom is -0.0663 e. The first-order valence-corrected chi connectivity index (χ1v) is 3.62. The first-order valence-electron chi connectivity index (χ1n) is 3.62. The Balaban J connectivity index is 2.09. The van der Waals surface area contributed by atoms with Gasteiger partial charge in [0.05, 0.1) is 0 Å². The average Bonchev–Trinajstić information content (AvgIpc) is 2.46. The summed E-state index contributed by atoms with van der Waals surface area (Å²) in [4.78, 5) is 0. The van der Waals surface area contributed by atoms with Crippen LogP contribution in [0.4, 0.5) is 0 Å². The SMILES string of the molecule is CCC1CCC2=C1C2. The second-order valence-corrected chi connectivity index (χ2v) is 2.95. The number of allylic oxidation sites excluding steroid dienone is 2. The number of hydrogen-bond acceptors (Lipinski definition) is 0. The van der Waals surface area contributed by atoms with Crippen LogP contribution in [0.5, 0.6) is 0 Å². The molecule has 0 amide bonds. The Hall–Kier alpha value is -0.260. The summed E-state index contributed by atoms with van der Waals surface area (Å²) in [6.45, 7) is 2.30. The highest BCUT2D eigenvalue weighted by atomic mass is 14.4. The number of rotatable bonds is 1. The van der Waals surface area contributed by atoms with Crippen LogP contribution in [0.25, 0.3) is 0 Å². The molecule has 1 unspecified atom stereocenters. The first kappa shape index (κ1) is 4.60. The van der Waals surface area contributed by atoms with Gasteiger partial charge in [-0.1, -0.05) is 18.1 Å². The summed E-state index contributed by atoms with van der Waals surface area (Å²) >= 11 is 0. The summed E-state index contributed by atoms with van der Waals surface area (Å²) in [5.74, 6) is 1.02. The largest absolute Gasteiger partial charge is 0.0663 e. The molecule has 0 spiro atoms. The Morgan fingerprint density at radius 2 is 2.50 bits per heavy atom. The molecule has 0 nitrogen and oxygen atoms in total. The molecule has 0 aromatic heterocycles. The van der Waals surface area contributed by atoms with Crippen LogP contribution in [0.1, 0.15) is 32.6 Å². The Morgan fingerprint density at radius 1 is 1.62 bits per heavy atom. The van der Waals surface area contributed by atoms with E-state index in [0.717, 1.165) is 5.92 Å². The van der Waals surface area contributed by atoms with Crippen molar-refractivity contribution in [3.05, 3.63) is 11.1 Å². The van der Waals surface area contributed by atoms with Crippen molar-refractivity contribution in [1.29, 1.82) is 0 Å². The monoisotopic (exact) mass is 108 g/mol. The fourth-order valence-electron chi connectivity index (χ4n) is 1.84. The molecule has 2 aliphatic rings. The minimum atomic E-state index is 1.02. The highest BCUT2D eigenvalue weighted by molar-refractivity contribution is 5.40. The molecule has 2 aliphatic carbocycles. The summed E-state index contributed by atoms with van der Waals surface area (Å²) in [5.41, 5.74) is 3.63. The van der Waals surface area contributed by atoms with Crippen molar-refractivity contribution in [2.75, 3.05) is 0 Å². The summed E-state index contributed by atoms with van der Waals surface area (Å²) < 4.78 is 0. The van der Waals surface area contributed by atoms with Gasteiger partial charge in [0.1, 0.15) is 0 Å². The van der Waals surface area contributed by atoms with Crippen molar-refractivity contribution < 1.29 is 0 Å². The Morgan fingerprint density at radius 3 is 2.75 bits per heavy atom. The van der Waals surface area contributed by atoms with E-state index in [0.29, 0.717) is 0 Å². The van der Waals surface area contributed by atoms with Crippen LogP contribution < -0.4 is 0 Å². The van der Waals surface area contributed by atoms with Gasteiger partial charge in [-0.15, -0.1) is 0 Å². The van der Waals surface area contributed by atoms with Gasteiger partial charge in [0.15, 0.2) is 0 Å². The molecule has 0 aliphatic heterocycles. The maximum absolute atomic E-state index is 2.30. The van der Waals surface area contributed by atoms with Crippen molar-refractivity contribution >= 4 is 0 Å². The third kappa shape index (κ3) is 0.460.